The zero-order valence-electron chi connectivity index (χ0n) is 19.1. The van der Waals surface area contributed by atoms with Crippen molar-refractivity contribution in [3.05, 3.63) is 51.5 Å². The molecule has 2 atom stereocenters. The molecule has 0 spiro atoms. The van der Waals surface area contributed by atoms with Gasteiger partial charge in [-0.15, -0.1) is 0 Å². The number of likely N-dealkylation sites (tertiary alicyclic amines) is 1. The number of carbonyl (C=O) groups excluding carboxylic acids is 2. The number of hydrogen-bond donors (Lipinski definition) is 1. The zero-order chi connectivity index (χ0) is 24.1. The third-order valence-corrected chi connectivity index (χ3v) is 6.32. The molecule has 9 heteroatoms. The van der Waals surface area contributed by atoms with Crippen LogP contribution in [0.2, 0.25) is 10.0 Å². The zero-order valence-corrected chi connectivity index (χ0v) is 20.6. The minimum Gasteiger partial charge on any atom is -0.493 e. The van der Waals surface area contributed by atoms with Gasteiger partial charge in [-0.3, -0.25) is 9.59 Å². The van der Waals surface area contributed by atoms with Gasteiger partial charge in [-0.2, -0.15) is 0 Å². The Morgan fingerprint density at radius 1 is 1.03 bits per heavy atom. The first kappa shape index (κ1) is 25.0. The van der Waals surface area contributed by atoms with Gasteiger partial charge in [0.05, 0.1) is 37.8 Å². The molecule has 3 rings (SSSR count). The molecule has 0 bridgehead atoms. The average Bonchev–Trinajstić information content (AvgIpc) is 3.26. The molecule has 0 unspecified atom stereocenters. The smallest absolute Gasteiger partial charge is 0.255 e. The highest BCUT2D eigenvalue weighted by Gasteiger charge is 2.41. The molecule has 1 saturated heterocycles. The third kappa shape index (κ3) is 5.31. The Balaban J connectivity index is 1.99. The molecule has 0 aliphatic carbocycles. The van der Waals surface area contributed by atoms with E-state index in [-0.39, 0.29) is 29.3 Å². The predicted octanol–water partition coefficient (Wildman–Crippen LogP) is 4.40. The van der Waals surface area contributed by atoms with Gasteiger partial charge in [0.15, 0.2) is 11.5 Å². The molecule has 1 fully saturated rings. The second-order valence-corrected chi connectivity index (χ2v) is 8.64. The highest BCUT2D eigenvalue weighted by Crippen LogP contribution is 2.43. The van der Waals surface area contributed by atoms with Crippen LogP contribution in [0.5, 0.6) is 17.2 Å². The molecule has 1 aliphatic heterocycles. The molecule has 0 aromatic heterocycles. The van der Waals surface area contributed by atoms with Gasteiger partial charge in [0.25, 0.3) is 5.91 Å². The Labute approximate surface area is 203 Å². The summed E-state index contributed by atoms with van der Waals surface area (Å²) in [6.45, 7) is 3.15. The van der Waals surface area contributed by atoms with Crippen molar-refractivity contribution in [2.75, 3.05) is 41.0 Å². The second-order valence-electron chi connectivity index (χ2n) is 7.80. The number of halogens is 2. The summed E-state index contributed by atoms with van der Waals surface area (Å²) in [7, 11) is 4.62. The van der Waals surface area contributed by atoms with Crippen LogP contribution in [-0.4, -0.2) is 57.7 Å². The number of ether oxygens (including phenoxy) is 3. The van der Waals surface area contributed by atoms with E-state index in [2.05, 4.69) is 5.32 Å². The van der Waals surface area contributed by atoms with E-state index in [9.17, 15) is 9.59 Å². The van der Waals surface area contributed by atoms with Crippen molar-refractivity contribution in [2.24, 2.45) is 5.92 Å². The Kier molecular flexibility index (Phi) is 8.32. The van der Waals surface area contributed by atoms with E-state index in [4.69, 9.17) is 37.4 Å². The lowest BCUT2D eigenvalue weighted by Crippen LogP contribution is -2.36. The van der Waals surface area contributed by atoms with Crippen LogP contribution in [0.4, 0.5) is 0 Å². The van der Waals surface area contributed by atoms with Crippen LogP contribution in [0, 0.1) is 5.92 Å². The molecule has 1 N–H and O–H groups in total. The van der Waals surface area contributed by atoms with Gasteiger partial charge in [0.2, 0.25) is 11.7 Å². The fourth-order valence-corrected chi connectivity index (χ4v) is 4.59. The lowest BCUT2D eigenvalue weighted by atomic mass is 9.88. The SMILES string of the molecule is CCCNC(=O)[C@@H]1CN(C(=O)c2ccc(Cl)cc2Cl)C[C@@H]1c1cc(OC)c(OC)c(OC)c1. The second kappa shape index (κ2) is 11.0. The maximum atomic E-state index is 13.3. The Hall–Kier alpha value is -2.64. The molecule has 7 nitrogen and oxygen atoms in total. The number of amides is 2. The summed E-state index contributed by atoms with van der Waals surface area (Å²) < 4.78 is 16.4. The van der Waals surface area contributed by atoms with Gasteiger partial charge in [-0.1, -0.05) is 30.1 Å². The van der Waals surface area contributed by atoms with Crippen molar-refractivity contribution >= 4 is 35.0 Å². The van der Waals surface area contributed by atoms with Crippen molar-refractivity contribution in [1.29, 1.82) is 0 Å². The monoisotopic (exact) mass is 494 g/mol. The molecule has 178 valence electrons. The summed E-state index contributed by atoms with van der Waals surface area (Å²) in [5, 5.41) is 3.69. The normalized spacial score (nSPS) is 17.6. The van der Waals surface area contributed by atoms with Gasteiger partial charge in [0.1, 0.15) is 0 Å². The van der Waals surface area contributed by atoms with E-state index >= 15 is 0 Å². The Bertz CT molecular complexity index is 1000. The number of carbonyl (C=O) groups is 2. The Morgan fingerprint density at radius 3 is 2.24 bits per heavy atom. The van der Waals surface area contributed by atoms with Crippen LogP contribution in [0.3, 0.4) is 0 Å². The molecule has 0 saturated carbocycles. The van der Waals surface area contributed by atoms with Crippen LogP contribution in [0.25, 0.3) is 0 Å². The highest BCUT2D eigenvalue weighted by atomic mass is 35.5. The largest absolute Gasteiger partial charge is 0.493 e. The van der Waals surface area contributed by atoms with E-state index in [0.29, 0.717) is 40.9 Å². The van der Waals surface area contributed by atoms with E-state index < -0.39 is 5.92 Å². The van der Waals surface area contributed by atoms with E-state index in [0.717, 1.165) is 12.0 Å². The standard InChI is InChI=1S/C24H28Cl2N2O5/c1-5-8-27-23(29)18-13-28(24(30)16-7-6-15(25)11-19(16)26)12-17(18)14-9-20(31-2)22(33-4)21(10-14)32-3/h6-7,9-11,17-18H,5,8,12-13H2,1-4H3,(H,27,29)/t17-,18-/m1/s1. The van der Waals surface area contributed by atoms with Gasteiger partial charge < -0.3 is 24.4 Å². The summed E-state index contributed by atoms with van der Waals surface area (Å²) in [5.41, 5.74) is 1.16. The predicted molar refractivity (Wildman–Crippen MR) is 128 cm³/mol. The lowest BCUT2D eigenvalue weighted by molar-refractivity contribution is -0.124. The minimum atomic E-state index is -0.450. The maximum Gasteiger partial charge on any atom is 0.255 e. The summed E-state index contributed by atoms with van der Waals surface area (Å²) >= 11 is 12.3. The van der Waals surface area contributed by atoms with Crippen LogP contribution in [0.1, 0.15) is 35.2 Å². The molecule has 2 aromatic carbocycles. The van der Waals surface area contributed by atoms with E-state index in [1.54, 1.807) is 31.3 Å². The van der Waals surface area contributed by atoms with E-state index in [1.807, 2.05) is 19.1 Å². The van der Waals surface area contributed by atoms with Crippen molar-refractivity contribution in [1.82, 2.24) is 10.2 Å². The van der Waals surface area contributed by atoms with E-state index in [1.165, 1.54) is 13.2 Å². The summed E-state index contributed by atoms with van der Waals surface area (Å²) in [5.74, 6) is 0.373. The number of benzene rings is 2. The summed E-state index contributed by atoms with van der Waals surface area (Å²) in [6, 6.07) is 8.42. The molecule has 1 heterocycles. The number of nitrogens with zero attached hydrogens (tertiary/aromatic N) is 1. The van der Waals surface area contributed by atoms with Crippen molar-refractivity contribution in [3.63, 3.8) is 0 Å². The molecular weight excluding hydrogens is 467 g/mol. The first-order valence-corrected chi connectivity index (χ1v) is 11.4. The van der Waals surface area contributed by atoms with Crippen molar-refractivity contribution in [2.45, 2.75) is 19.3 Å². The summed E-state index contributed by atoms with van der Waals surface area (Å²) in [4.78, 5) is 28.0. The number of methoxy groups -OCH3 is 3. The fraction of sp³-hybridized carbons (Fsp3) is 0.417. The van der Waals surface area contributed by atoms with Gasteiger partial charge in [-0.25, -0.2) is 0 Å². The van der Waals surface area contributed by atoms with Crippen LogP contribution < -0.4 is 19.5 Å². The van der Waals surface area contributed by atoms with Crippen molar-refractivity contribution in [3.8, 4) is 17.2 Å². The summed E-state index contributed by atoms with van der Waals surface area (Å²) in [6.07, 6.45) is 0.816. The van der Waals surface area contributed by atoms with Gasteiger partial charge in [0, 0.05) is 30.6 Å². The number of nitrogens with one attached hydrogen (secondary N) is 1. The van der Waals surface area contributed by atoms with Crippen LogP contribution in [0.15, 0.2) is 30.3 Å². The first-order valence-electron chi connectivity index (χ1n) is 10.7. The molecule has 0 radical (unpaired) electrons. The number of hydrogen-bond acceptors (Lipinski definition) is 5. The third-order valence-electron chi connectivity index (χ3n) is 5.77. The van der Waals surface area contributed by atoms with Gasteiger partial charge >= 0.3 is 0 Å². The average molecular weight is 495 g/mol. The maximum absolute atomic E-state index is 13.3. The van der Waals surface area contributed by atoms with Crippen LogP contribution >= 0.6 is 23.2 Å². The first-order chi connectivity index (χ1) is 15.8. The Morgan fingerprint density at radius 2 is 1.70 bits per heavy atom. The molecular formula is C24H28Cl2N2O5. The number of rotatable bonds is 8. The molecule has 33 heavy (non-hydrogen) atoms. The molecule has 2 aromatic rings. The molecule has 1 aliphatic rings. The van der Waals surface area contributed by atoms with Gasteiger partial charge in [-0.05, 0) is 42.3 Å². The minimum absolute atomic E-state index is 0.104. The highest BCUT2D eigenvalue weighted by molar-refractivity contribution is 6.36. The molecule has 2 amide bonds. The fourth-order valence-electron chi connectivity index (χ4n) is 4.10. The quantitative estimate of drug-likeness (QED) is 0.588. The lowest BCUT2D eigenvalue weighted by Gasteiger charge is -2.21. The van der Waals surface area contributed by atoms with Crippen LogP contribution in [-0.2, 0) is 4.79 Å². The topological polar surface area (TPSA) is 77.1 Å². The van der Waals surface area contributed by atoms with Crippen molar-refractivity contribution < 1.29 is 23.8 Å².